The van der Waals surface area contributed by atoms with Crippen molar-refractivity contribution in [2.24, 2.45) is 5.73 Å². The fourth-order valence-electron chi connectivity index (χ4n) is 3.53. The Hall–Kier alpha value is -2.86. The summed E-state index contributed by atoms with van der Waals surface area (Å²) in [6, 6.07) is 12.3. The van der Waals surface area contributed by atoms with Gasteiger partial charge in [-0.3, -0.25) is 0 Å². The number of allylic oxidation sites excluding steroid dienone is 1. The van der Waals surface area contributed by atoms with E-state index in [0.717, 1.165) is 0 Å². The van der Waals surface area contributed by atoms with Crippen LogP contribution in [0, 0.1) is 17.1 Å². The second kappa shape index (κ2) is 10.6. The van der Waals surface area contributed by atoms with Gasteiger partial charge in [0.15, 0.2) is 12.4 Å². The summed E-state index contributed by atoms with van der Waals surface area (Å²) in [6.45, 7) is -0.599. The van der Waals surface area contributed by atoms with E-state index < -0.39 is 24.3 Å². The molecular formula is C24H12Cl5FN2O4. The summed E-state index contributed by atoms with van der Waals surface area (Å²) in [6.07, 6.45) is 0. The van der Waals surface area contributed by atoms with Crippen molar-refractivity contribution in [3.63, 3.8) is 0 Å². The number of halogens is 6. The lowest BCUT2D eigenvalue weighted by molar-refractivity contribution is -0.136. The first-order valence-corrected chi connectivity index (χ1v) is 11.8. The summed E-state index contributed by atoms with van der Waals surface area (Å²) in [5.74, 6) is -1.91. The van der Waals surface area contributed by atoms with Gasteiger partial charge >= 0.3 is 5.97 Å². The van der Waals surface area contributed by atoms with Gasteiger partial charge in [0.25, 0.3) is 0 Å². The lowest BCUT2D eigenvalue weighted by Crippen LogP contribution is -2.22. The van der Waals surface area contributed by atoms with Crippen LogP contribution in [0.15, 0.2) is 53.9 Å². The van der Waals surface area contributed by atoms with Crippen molar-refractivity contribution in [1.29, 1.82) is 5.26 Å². The van der Waals surface area contributed by atoms with E-state index >= 15 is 0 Å². The van der Waals surface area contributed by atoms with Gasteiger partial charge in [0, 0.05) is 11.6 Å². The molecule has 0 saturated carbocycles. The Morgan fingerprint density at radius 2 is 1.69 bits per heavy atom. The summed E-state index contributed by atoms with van der Waals surface area (Å²) in [5.41, 5.74) is 7.12. The van der Waals surface area contributed by atoms with Crippen LogP contribution >= 0.6 is 58.0 Å². The molecule has 184 valence electrons. The molecule has 1 aliphatic rings. The number of carbonyl (C=O) groups excluding carboxylic acids is 1. The first-order chi connectivity index (χ1) is 17.1. The van der Waals surface area contributed by atoms with Crippen molar-refractivity contribution in [1.82, 2.24) is 0 Å². The molecule has 0 fully saturated rings. The minimum absolute atomic E-state index is 0.0539. The highest BCUT2D eigenvalue weighted by atomic mass is 35.5. The van der Waals surface area contributed by atoms with Crippen LogP contribution in [0.5, 0.6) is 17.2 Å². The average Bonchev–Trinajstić information content (AvgIpc) is 2.85. The van der Waals surface area contributed by atoms with Gasteiger partial charge in [-0.2, -0.15) is 5.26 Å². The molecule has 0 bridgehead atoms. The fraction of sp³-hybridized carbons (Fsp3) is 0.0833. The van der Waals surface area contributed by atoms with Crippen LogP contribution in [0.25, 0.3) is 0 Å². The Labute approximate surface area is 229 Å². The smallest absolute Gasteiger partial charge is 0.349 e. The number of hydrogen-bond acceptors (Lipinski definition) is 6. The maximum atomic E-state index is 13.9. The Kier molecular flexibility index (Phi) is 7.74. The van der Waals surface area contributed by atoms with Crippen molar-refractivity contribution in [3.8, 4) is 23.3 Å². The van der Waals surface area contributed by atoms with E-state index in [1.54, 1.807) is 12.1 Å². The molecule has 1 aliphatic heterocycles. The molecule has 0 spiro atoms. The molecule has 0 aromatic heterocycles. The fourth-order valence-corrected chi connectivity index (χ4v) is 4.76. The van der Waals surface area contributed by atoms with E-state index in [1.165, 1.54) is 30.3 Å². The van der Waals surface area contributed by atoms with Crippen molar-refractivity contribution >= 4 is 64.0 Å². The zero-order valence-corrected chi connectivity index (χ0v) is 21.5. The van der Waals surface area contributed by atoms with E-state index in [9.17, 15) is 14.4 Å². The summed E-state index contributed by atoms with van der Waals surface area (Å²) in [7, 11) is 0. The van der Waals surface area contributed by atoms with Gasteiger partial charge < -0.3 is 19.9 Å². The van der Waals surface area contributed by atoms with Gasteiger partial charge in [0.05, 0.1) is 21.0 Å². The first-order valence-electron chi connectivity index (χ1n) is 9.94. The van der Waals surface area contributed by atoms with Crippen LogP contribution in [0.4, 0.5) is 4.39 Å². The van der Waals surface area contributed by atoms with Crippen LogP contribution in [-0.2, 0) is 4.79 Å². The number of nitrogens with two attached hydrogens (primary N) is 1. The van der Waals surface area contributed by atoms with Gasteiger partial charge in [-0.15, -0.1) is 0 Å². The predicted octanol–water partition coefficient (Wildman–Crippen LogP) is 7.30. The van der Waals surface area contributed by atoms with Gasteiger partial charge in [-0.1, -0.05) is 76.2 Å². The minimum Gasteiger partial charge on any atom is -0.479 e. The highest BCUT2D eigenvalue weighted by Crippen LogP contribution is 2.48. The minimum atomic E-state index is -0.817. The highest BCUT2D eigenvalue weighted by Gasteiger charge is 2.31. The molecule has 0 saturated heterocycles. The van der Waals surface area contributed by atoms with Gasteiger partial charge in [0.2, 0.25) is 5.88 Å². The van der Waals surface area contributed by atoms with E-state index in [2.05, 4.69) is 0 Å². The Bertz CT molecular complexity index is 1440. The van der Waals surface area contributed by atoms with Gasteiger partial charge in [-0.25, -0.2) is 9.18 Å². The first kappa shape index (κ1) is 26.2. The standard InChI is InChI=1S/C24H12Cl5FN2O4/c25-18-19(26)21(28)23(22(29)20(18)27)34-9-16(33)35-12-4-5-13-15(7-12)36-24(32)14(8-31)17(13)10-2-1-3-11(30)6-10/h1-7,17H,9,32H2. The Morgan fingerprint density at radius 3 is 2.33 bits per heavy atom. The van der Waals surface area contributed by atoms with Crippen LogP contribution in [0.2, 0.25) is 25.1 Å². The maximum Gasteiger partial charge on any atom is 0.349 e. The summed E-state index contributed by atoms with van der Waals surface area (Å²) < 4.78 is 30.1. The number of rotatable bonds is 5. The number of hydrogen-bond donors (Lipinski definition) is 1. The molecule has 3 aromatic rings. The predicted molar refractivity (Wildman–Crippen MR) is 135 cm³/mol. The topological polar surface area (TPSA) is 94.6 Å². The van der Waals surface area contributed by atoms with Gasteiger partial charge in [0.1, 0.15) is 39.0 Å². The number of fused-ring (bicyclic) bond motifs is 1. The molecule has 4 rings (SSSR count). The third-order valence-electron chi connectivity index (χ3n) is 5.11. The van der Waals surface area contributed by atoms with Crippen LogP contribution < -0.4 is 19.9 Å². The quantitative estimate of drug-likeness (QED) is 0.146. The molecule has 0 aliphatic carbocycles. The van der Waals surface area contributed by atoms with Crippen LogP contribution in [0.1, 0.15) is 17.0 Å². The molecule has 6 nitrogen and oxygen atoms in total. The number of esters is 1. The summed E-state index contributed by atoms with van der Waals surface area (Å²) >= 11 is 30.1. The van der Waals surface area contributed by atoms with Gasteiger partial charge in [-0.05, 0) is 23.8 Å². The second-order valence-electron chi connectivity index (χ2n) is 7.34. The lowest BCUT2D eigenvalue weighted by atomic mass is 9.83. The van der Waals surface area contributed by atoms with Crippen molar-refractivity contribution < 1.29 is 23.4 Å². The molecular weight excluding hydrogens is 577 g/mol. The molecule has 1 unspecified atom stereocenters. The molecule has 36 heavy (non-hydrogen) atoms. The molecule has 0 amide bonds. The van der Waals surface area contributed by atoms with Crippen LogP contribution in [0.3, 0.4) is 0 Å². The van der Waals surface area contributed by atoms with Crippen LogP contribution in [-0.4, -0.2) is 12.6 Å². The average molecular weight is 589 g/mol. The third kappa shape index (κ3) is 5.01. The van der Waals surface area contributed by atoms with Crippen molar-refractivity contribution in [3.05, 3.63) is 96.0 Å². The number of benzene rings is 3. The molecule has 1 heterocycles. The monoisotopic (exact) mass is 586 g/mol. The van der Waals surface area contributed by atoms with Crippen molar-refractivity contribution in [2.75, 3.05) is 6.61 Å². The SMILES string of the molecule is N#CC1=C(N)Oc2cc(OC(=O)COc3c(Cl)c(Cl)c(Cl)c(Cl)c3Cl)ccc2C1c1cccc(F)c1. The number of nitriles is 1. The lowest BCUT2D eigenvalue weighted by Gasteiger charge is -2.26. The zero-order chi connectivity index (χ0) is 26.1. The number of carbonyl (C=O) groups is 1. The summed E-state index contributed by atoms with van der Waals surface area (Å²) in [4.78, 5) is 12.4. The number of ether oxygens (including phenoxy) is 3. The highest BCUT2D eigenvalue weighted by molar-refractivity contribution is 6.55. The van der Waals surface area contributed by atoms with E-state index in [0.29, 0.717) is 11.1 Å². The largest absolute Gasteiger partial charge is 0.479 e. The number of nitrogens with zero attached hydrogens (tertiary/aromatic N) is 1. The second-order valence-corrected chi connectivity index (χ2v) is 9.23. The third-order valence-corrected chi connectivity index (χ3v) is 7.35. The molecule has 0 radical (unpaired) electrons. The van der Waals surface area contributed by atoms with E-state index in [-0.39, 0.29) is 53.8 Å². The molecule has 12 heteroatoms. The zero-order valence-electron chi connectivity index (χ0n) is 17.8. The van der Waals surface area contributed by atoms with E-state index in [1.807, 2.05) is 6.07 Å². The Morgan fingerprint density at radius 1 is 1.03 bits per heavy atom. The molecule has 3 aromatic carbocycles. The molecule has 2 N–H and O–H groups in total. The normalized spacial score (nSPS) is 14.5. The summed E-state index contributed by atoms with van der Waals surface area (Å²) in [5, 5.41) is 9.15. The Balaban J connectivity index is 1.56. The van der Waals surface area contributed by atoms with E-state index in [4.69, 9.17) is 77.9 Å². The maximum absolute atomic E-state index is 13.9. The molecule has 1 atom stereocenters. The van der Waals surface area contributed by atoms with Crippen molar-refractivity contribution in [2.45, 2.75) is 5.92 Å².